The Morgan fingerprint density at radius 1 is 1.86 bits per heavy atom. The summed E-state index contributed by atoms with van der Waals surface area (Å²) in [5.41, 5.74) is 0. The van der Waals surface area contributed by atoms with Crippen molar-refractivity contribution in [1.29, 1.82) is 0 Å². The molecule has 0 atom stereocenters. The summed E-state index contributed by atoms with van der Waals surface area (Å²) in [7, 11) is 0.976. The van der Waals surface area contributed by atoms with E-state index in [1.165, 1.54) is 0 Å². The van der Waals surface area contributed by atoms with Crippen LogP contribution < -0.4 is 5.23 Å². The molecule has 38 valence electrons. The first-order valence-corrected chi connectivity index (χ1v) is 2.51. The van der Waals surface area contributed by atoms with Gasteiger partial charge in [-0.3, -0.25) is 0 Å². The minimum atomic E-state index is 0.976. The average Bonchev–Trinajstić information content (AvgIpc) is 2.14. The van der Waals surface area contributed by atoms with Crippen molar-refractivity contribution in [2.75, 3.05) is 13.1 Å². The quantitative estimate of drug-likeness (QED) is 0.434. The lowest BCUT2D eigenvalue weighted by Gasteiger charge is -2.05. The SMILES string of the molecule is C=CN1BNCC1. The Morgan fingerprint density at radius 3 is 3.00 bits per heavy atom. The van der Waals surface area contributed by atoms with E-state index in [0.29, 0.717) is 0 Å². The van der Waals surface area contributed by atoms with Gasteiger partial charge in [-0.25, -0.2) is 0 Å². The predicted octanol–water partition coefficient (Wildman–Crippen LogP) is -0.698. The van der Waals surface area contributed by atoms with Gasteiger partial charge in [0, 0.05) is 13.1 Å². The molecule has 0 aromatic heterocycles. The van der Waals surface area contributed by atoms with Crippen molar-refractivity contribution in [2.24, 2.45) is 0 Å². The van der Waals surface area contributed by atoms with Crippen LogP contribution in [-0.4, -0.2) is 25.4 Å². The van der Waals surface area contributed by atoms with Crippen LogP contribution >= 0.6 is 0 Å². The zero-order valence-electron chi connectivity index (χ0n) is 4.35. The van der Waals surface area contributed by atoms with E-state index >= 15 is 0 Å². The molecule has 0 unspecified atom stereocenters. The highest BCUT2D eigenvalue weighted by Crippen LogP contribution is 1.86. The molecule has 0 aromatic carbocycles. The second-order valence-corrected chi connectivity index (χ2v) is 1.65. The molecule has 0 aromatic rings. The molecule has 0 radical (unpaired) electrons. The van der Waals surface area contributed by atoms with E-state index in [1.54, 1.807) is 0 Å². The van der Waals surface area contributed by atoms with Crippen LogP contribution in [0.5, 0.6) is 0 Å². The van der Waals surface area contributed by atoms with Gasteiger partial charge in [-0.05, 0) is 6.20 Å². The zero-order chi connectivity index (χ0) is 5.11. The summed E-state index contributed by atoms with van der Waals surface area (Å²) in [5, 5.41) is 3.18. The Kier molecular flexibility index (Phi) is 1.37. The largest absolute Gasteiger partial charge is 0.409 e. The smallest absolute Gasteiger partial charge is 0.320 e. The van der Waals surface area contributed by atoms with Gasteiger partial charge in [-0.1, -0.05) is 6.58 Å². The van der Waals surface area contributed by atoms with Crippen molar-refractivity contribution in [3.05, 3.63) is 12.8 Å². The van der Waals surface area contributed by atoms with Gasteiger partial charge >= 0.3 is 7.55 Å². The molecule has 0 saturated carbocycles. The van der Waals surface area contributed by atoms with Crippen LogP contribution in [0.15, 0.2) is 12.8 Å². The van der Waals surface area contributed by atoms with Crippen LogP contribution in [-0.2, 0) is 0 Å². The lowest BCUT2D eigenvalue weighted by atomic mass is 10.2. The highest BCUT2D eigenvalue weighted by molar-refractivity contribution is 6.30. The van der Waals surface area contributed by atoms with Gasteiger partial charge in [0.15, 0.2) is 0 Å². The summed E-state index contributed by atoms with van der Waals surface area (Å²) in [5.74, 6) is 0. The lowest BCUT2D eigenvalue weighted by molar-refractivity contribution is 0.647. The maximum absolute atomic E-state index is 3.63. The minimum Gasteiger partial charge on any atom is -0.409 e. The van der Waals surface area contributed by atoms with Crippen LogP contribution in [0.2, 0.25) is 0 Å². The van der Waals surface area contributed by atoms with Crippen LogP contribution in [0.1, 0.15) is 0 Å². The van der Waals surface area contributed by atoms with Gasteiger partial charge in [0.25, 0.3) is 0 Å². The van der Waals surface area contributed by atoms with E-state index in [2.05, 4.69) is 16.6 Å². The van der Waals surface area contributed by atoms with E-state index in [1.807, 2.05) is 6.20 Å². The molecule has 1 fully saturated rings. The Morgan fingerprint density at radius 2 is 2.71 bits per heavy atom. The highest BCUT2D eigenvalue weighted by Gasteiger charge is 2.05. The molecule has 1 heterocycles. The minimum absolute atomic E-state index is 0.976. The summed E-state index contributed by atoms with van der Waals surface area (Å²) < 4.78 is 0. The average molecular weight is 95.9 g/mol. The lowest BCUT2D eigenvalue weighted by Crippen LogP contribution is -2.19. The molecule has 0 aliphatic carbocycles. The molecule has 1 N–H and O–H groups in total. The first kappa shape index (κ1) is 4.72. The predicted molar refractivity (Wildman–Crippen MR) is 32.1 cm³/mol. The van der Waals surface area contributed by atoms with Crippen molar-refractivity contribution >= 4 is 7.55 Å². The molecule has 0 spiro atoms. The van der Waals surface area contributed by atoms with E-state index < -0.39 is 0 Å². The number of nitrogens with zero attached hydrogens (tertiary/aromatic N) is 1. The molecule has 3 heteroatoms. The topological polar surface area (TPSA) is 15.3 Å². The van der Waals surface area contributed by atoms with Crippen molar-refractivity contribution in [1.82, 2.24) is 10.0 Å². The molecule has 7 heavy (non-hydrogen) atoms. The van der Waals surface area contributed by atoms with Crippen LogP contribution in [0, 0.1) is 0 Å². The fourth-order valence-electron chi connectivity index (χ4n) is 0.680. The van der Waals surface area contributed by atoms with Crippen LogP contribution in [0.4, 0.5) is 0 Å². The molecule has 1 rings (SSSR count). The second kappa shape index (κ2) is 2.03. The van der Waals surface area contributed by atoms with Crippen molar-refractivity contribution in [3.63, 3.8) is 0 Å². The summed E-state index contributed by atoms with van der Waals surface area (Å²) >= 11 is 0. The Hall–Kier alpha value is -0.435. The number of hydrogen-bond acceptors (Lipinski definition) is 2. The fraction of sp³-hybridized carbons (Fsp3) is 0.500. The monoisotopic (exact) mass is 96.1 g/mol. The van der Waals surface area contributed by atoms with Crippen LogP contribution in [0.3, 0.4) is 0 Å². The molecule has 1 aliphatic heterocycles. The van der Waals surface area contributed by atoms with Crippen molar-refractivity contribution < 1.29 is 0 Å². The molecular weight excluding hydrogens is 86.9 g/mol. The zero-order valence-corrected chi connectivity index (χ0v) is 4.35. The molecule has 1 saturated heterocycles. The summed E-state index contributed by atoms with van der Waals surface area (Å²) in [6.07, 6.45) is 1.86. The Balaban J connectivity index is 2.26. The van der Waals surface area contributed by atoms with Crippen LogP contribution in [0.25, 0.3) is 0 Å². The maximum Gasteiger partial charge on any atom is 0.320 e. The van der Waals surface area contributed by atoms with Crippen molar-refractivity contribution in [2.45, 2.75) is 0 Å². The number of rotatable bonds is 1. The van der Waals surface area contributed by atoms with Gasteiger partial charge < -0.3 is 10.0 Å². The third kappa shape index (κ3) is 0.964. The molecule has 1 aliphatic rings. The summed E-state index contributed by atoms with van der Waals surface area (Å²) in [4.78, 5) is 2.14. The number of hydrogen-bond donors (Lipinski definition) is 1. The maximum atomic E-state index is 3.63. The first-order chi connectivity index (χ1) is 3.43. The van der Waals surface area contributed by atoms with Crippen molar-refractivity contribution in [3.8, 4) is 0 Å². The van der Waals surface area contributed by atoms with Gasteiger partial charge in [-0.2, -0.15) is 0 Å². The van der Waals surface area contributed by atoms with E-state index in [4.69, 9.17) is 0 Å². The molecular formula is C4H9BN2. The third-order valence-corrected chi connectivity index (χ3v) is 1.15. The fourth-order valence-corrected chi connectivity index (χ4v) is 0.680. The summed E-state index contributed by atoms with van der Waals surface area (Å²) in [6.45, 7) is 5.85. The van der Waals surface area contributed by atoms with Gasteiger partial charge in [0.2, 0.25) is 0 Å². The Labute approximate surface area is 44.5 Å². The number of nitrogens with one attached hydrogen (secondary N) is 1. The van der Waals surface area contributed by atoms with Gasteiger partial charge in [0.05, 0.1) is 0 Å². The summed E-state index contributed by atoms with van der Waals surface area (Å²) in [6, 6.07) is 0. The normalized spacial score (nSPS) is 19.1. The Bertz CT molecular complexity index is 68.1. The third-order valence-electron chi connectivity index (χ3n) is 1.15. The van der Waals surface area contributed by atoms with E-state index in [-0.39, 0.29) is 0 Å². The van der Waals surface area contributed by atoms with E-state index in [9.17, 15) is 0 Å². The second-order valence-electron chi connectivity index (χ2n) is 1.65. The van der Waals surface area contributed by atoms with Gasteiger partial charge in [-0.15, -0.1) is 0 Å². The molecule has 2 nitrogen and oxygen atoms in total. The van der Waals surface area contributed by atoms with Gasteiger partial charge in [0.1, 0.15) is 0 Å². The molecule has 0 bridgehead atoms. The standard InChI is InChI=1S/C4H9BN2/c1-2-7-4-3-6-5-7/h2,5-6H,1,3-4H2. The molecule has 0 amide bonds. The first-order valence-electron chi connectivity index (χ1n) is 2.51. The van der Waals surface area contributed by atoms with E-state index in [0.717, 1.165) is 20.6 Å². The highest BCUT2D eigenvalue weighted by atomic mass is 15.1.